The smallest absolute Gasteiger partial charge is 0.257 e. The normalized spacial score (nSPS) is 11.5. The predicted molar refractivity (Wildman–Crippen MR) is 97.9 cm³/mol. The lowest BCUT2D eigenvalue weighted by Gasteiger charge is -2.22. The van der Waals surface area contributed by atoms with Gasteiger partial charge >= 0.3 is 0 Å². The molecule has 3 rings (SSSR count). The maximum atomic E-state index is 12.8. The second-order valence-corrected chi connectivity index (χ2v) is 6.86. The van der Waals surface area contributed by atoms with E-state index in [4.69, 9.17) is 4.74 Å². The van der Waals surface area contributed by atoms with Gasteiger partial charge in [0, 0.05) is 28.9 Å². The number of rotatable bonds is 3. The first-order valence-electron chi connectivity index (χ1n) is 7.96. The molecule has 0 radical (unpaired) electrons. The van der Waals surface area contributed by atoms with Crippen LogP contribution in [0.2, 0.25) is 0 Å². The Kier molecular flexibility index (Phi) is 4.06. The number of benzene rings is 2. The van der Waals surface area contributed by atoms with Gasteiger partial charge < -0.3 is 15.0 Å². The van der Waals surface area contributed by atoms with E-state index in [2.05, 4.69) is 37.1 Å². The third-order valence-electron chi connectivity index (χ3n) is 4.12. The number of hydrogen-bond donors (Lipinski definition) is 2. The summed E-state index contributed by atoms with van der Waals surface area (Å²) in [7, 11) is 1.63. The molecule has 0 unspecified atom stereocenters. The van der Waals surface area contributed by atoms with Gasteiger partial charge in [-0.3, -0.25) is 4.79 Å². The molecular weight excluding hydrogens is 300 g/mol. The fourth-order valence-electron chi connectivity index (χ4n) is 2.86. The van der Waals surface area contributed by atoms with Crippen molar-refractivity contribution < 1.29 is 9.53 Å². The summed E-state index contributed by atoms with van der Waals surface area (Å²) in [4.78, 5) is 15.9. The Bertz CT molecular complexity index is 888. The molecule has 1 heterocycles. The maximum Gasteiger partial charge on any atom is 0.257 e. The van der Waals surface area contributed by atoms with Gasteiger partial charge in [-0.05, 0) is 29.2 Å². The summed E-state index contributed by atoms with van der Waals surface area (Å²) in [6, 6.07) is 13.6. The summed E-state index contributed by atoms with van der Waals surface area (Å²) in [6.45, 7) is 6.40. The van der Waals surface area contributed by atoms with Gasteiger partial charge in [-0.2, -0.15) is 0 Å². The molecule has 24 heavy (non-hydrogen) atoms. The van der Waals surface area contributed by atoms with Gasteiger partial charge in [-0.25, -0.2) is 0 Å². The zero-order valence-electron chi connectivity index (χ0n) is 14.4. The quantitative estimate of drug-likeness (QED) is 0.732. The van der Waals surface area contributed by atoms with Gasteiger partial charge in [0.05, 0.1) is 12.7 Å². The molecule has 0 saturated carbocycles. The summed E-state index contributed by atoms with van der Waals surface area (Å²) in [6.07, 6.45) is 1.74. The lowest BCUT2D eigenvalue weighted by atomic mass is 9.86. The number of carbonyl (C=O) groups is 1. The third kappa shape index (κ3) is 3.00. The summed E-state index contributed by atoms with van der Waals surface area (Å²) in [5.41, 5.74) is 3.41. The van der Waals surface area contributed by atoms with E-state index in [1.54, 1.807) is 13.3 Å². The molecular formula is C20H22N2O2. The van der Waals surface area contributed by atoms with Crippen molar-refractivity contribution in [3.63, 3.8) is 0 Å². The first-order valence-corrected chi connectivity index (χ1v) is 7.96. The average Bonchev–Trinajstić information content (AvgIpc) is 2.97. The molecule has 1 amide bonds. The largest absolute Gasteiger partial charge is 0.497 e. The lowest BCUT2D eigenvalue weighted by Crippen LogP contribution is -2.18. The second kappa shape index (κ2) is 6.04. The van der Waals surface area contributed by atoms with Crippen LogP contribution in [0.3, 0.4) is 0 Å². The van der Waals surface area contributed by atoms with E-state index in [0.717, 1.165) is 27.9 Å². The van der Waals surface area contributed by atoms with Crippen molar-refractivity contribution in [2.75, 3.05) is 12.4 Å². The van der Waals surface area contributed by atoms with E-state index < -0.39 is 0 Å². The van der Waals surface area contributed by atoms with Crippen molar-refractivity contribution in [2.24, 2.45) is 0 Å². The molecule has 0 aliphatic heterocycles. The van der Waals surface area contributed by atoms with Crippen LogP contribution < -0.4 is 10.1 Å². The zero-order chi connectivity index (χ0) is 17.3. The molecule has 0 aliphatic carbocycles. The summed E-state index contributed by atoms with van der Waals surface area (Å²) in [5.74, 6) is 0.637. The summed E-state index contributed by atoms with van der Waals surface area (Å²) < 4.78 is 5.22. The number of amides is 1. The van der Waals surface area contributed by atoms with Crippen LogP contribution in [-0.4, -0.2) is 18.0 Å². The fraction of sp³-hybridized carbons (Fsp3) is 0.250. The monoisotopic (exact) mass is 322 g/mol. The number of aromatic nitrogens is 1. The van der Waals surface area contributed by atoms with Gasteiger partial charge in [0.1, 0.15) is 5.75 Å². The van der Waals surface area contributed by atoms with Gasteiger partial charge in [-0.1, -0.05) is 39.0 Å². The predicted octanol–water partition coefficient (Wildman–Crippen LogP) is 4.73. The van der Waals surface area contributed by atoms with Crippen LogP contribution in [0, 0.1) is 0 Å². The molecule has 124 valence electrons. The molecule has 0 saturated heterocycles. The molecule has 2 N–H and O–H groups in total. The number of fused-ring (bicyclic) bond motifs is 1. The Morgan fingerprint density at radius 2 is 1.88 bits per heavy atom. The topological polar surface area (TPSA) is 54.1 Å². The van der Waals surface area contributed by atoms with Crippen molar-refractivity contribution in [3.8, 4) is 5.75 Å². The number of anilines is 1. The first kappa shape index (κ1) is 16.1. The summed E-state index contributed by atoms with van der Waals surface area (Å²) in [5, 5.41) is 3.93. The van der Waals surface area contributed by atoms with Crippen LogP contribution in [0.4, 0.5) is 5.69 Å². The molecule has 3 aromatic rings. The van der Waals surface area contributed by atoms with E-state index in [1.165, 1.54) is 0 Å². The lowest BCUT2D eigenvalue weighted by molar-refractivity contribution is 0.102. The number of nitrogens with one attached hydrogen (secondary N) is 2. The molecule has 0 aliphatic rings. The Morgan fingerprint density at radius 3 is 2.58 bits per heavy atom. The highest BCUT2D eigenvalue weighted by Gasteiger charge is 2.20. The zero-order valence-corrected chi connectivity index (χ0v) is 14.4. The van der Waals surface area contributed by atoms with Crippen LogP contribution in [0.5, 0.6) is 5.75 Å². The van der Waals surface area contributed by atoms with Crippen LogP contribution in [-0.2, 0) is 5.41 Å². The maximum absolute atomic E-state index is 12.8. The summed E-state index contributed by atoms with van der Waals surface area (Å²) >= 11 is 0. The minimum Gasteiger partial charge on any atom is -0.497 e. The number of carbonyl (C=O) groups excluding carboxylic acids is 1. The van der Waals surface area contributed by atoms with Gasteiger partial charge in [-0.15, -0.1) is 0 Å². The Labute approximate surface area is 141 Å². The van der Waals surface area contributed by atoms with Crippen LogP contribution in [0.1, 0.15) is 36.7 Å². The van der Waals surface area contributed by atoms with E-state index in [1.807, 2.05) is 36.4 Å². The van der Waals surface area contributed by atoms with Crippen LogP contribution >= 0.6 is 0 Å². The van der Waals surface area contributed by atoms with Crippen LogP contribution in [0.15, 0.2) is 48.7 Å². The number of H-pyrrole nitrogens is 1. The van der Waals surface area contributed by atoms with Crippen molar-refractivity contribution in [3.05, 3.63) is 59.8 Å². The minimum atomic E-state index is -0.122. The highest BCUT2D eigenvalue weighted by molar-refractivity contribution is 6.13. The Morgan fingerprint density at radius 1 is 1.12 bits per heavy atom. The third-order valence-corrected chi connectivity index (χ3v) is 4.12. The SMILES string of the molecule is COc1ccc2c(C(=O)Nc3ccccc3C(C)(C)C)c[nH]c2c1. The number of methoxy groups -OCH3 is 1. The van der Waals surface area contributed by atoms with Gasteiger partial charge in [0.2, 0.25) is 0 Å². The van der Waals surface area contributed by atoms with Crippen LogP contribution in [0.25, 0.3) is 10.9 Å². The Balaban J connectivity index is 1.94. The molecule has 0 fully saturated rings. The molecule has 1 aromatic heterocycles. The fourth-order valence-corrected chi connectivity index (χ4v) is 2.86. The minimum absolute atomic E-state index is 0.0442. The molecule has 2 aromatic carbocycles. The van der Waals surface area contributed by atoms with E-state index in [-0.39, 0.29) is 11.3 Å². The van der Waals surface area contributed by atoms with E-state index >= 15 is 0 Å². The van der Waals surface area contributed by atoms with Crippen molar-refractivity contribution in [1.29, 1.82) is 0 Å². The Hall–Kier alpha value is -2.75. The molecule has 0 bridgehead atoms. The van der Waals surface area contributed by atoms with Crippen molar-refractivity contribution in [2.45, 2.75) is 26.2 Å². The van der Waals surface area contributed by atoms with E-state index in [9.17, 15) is 4.79 Å². The highest BCUT2D eigenvalue weighted by atomic mass is 16.5. The molecule has 0 atom stereocenters. The van der Waals surface area contributed by atoms with Gasteiger partial charge in [0.25, 0.3) is 5.91 Å². The molecule has 4 heteroatoms. The van der Waals surface area contributed by atoms with Gasteiger partial charge in [0.15, 0.2) is 0 Å². The number of para-hydroxylation sites is 1. The second-order valence-electron chi connectivity index (χ2n) is 6.86. The molecule has 0 spiro atoms. The van der Waals surface area contributed by atoms with E-state index in [0.29, 0.717) is 5.56 Å². The van der Waals surface area contributed by atoms with Crippen molar-refractivity contribution >= 4 is 22.5 Å². The van der Waals surface area contributed by atoms with Crippen molar-refractivity contribution in [1.82, 2.24) is 4.98 Å². The number of aromatic amines is 1. The standard InChI is InChI=1S/C20H22N2O2/c1-20(2,3)16-7-5-6-8-17(16)22-19(23)15-12-21-18-11-13(24-4)9-10-14(15)18/h5-12,21H,1-4H3,(H,22,23). The number of hydrogen-bond acceptors (Lipinski definition) is 2. The first-order chi connectivity index (χ1) is 11.4. The molecule has 4 nitrogen and oxygen atoms in total. The average molecular weight is 322 g/mol. The highest BCUT2D eigenvalue weighted by Crippen LogP contribution is 2.30. The number of ether oxygens (including phenoxy) is 1.